The van der Waals surface area contributed by atoms with Gasteiger partial charge >= 0.3 is 0 Å². The van der Waals surface area contributed by atoms with E-state index in [9.17, 15) is 4.79 Å². The van der Waals surface area contributed by atoms with Crippen molar-refractivity contribution in [1.29, 1.82) is 0 Å². The highest BCUT2D eigenvalue weighted by Crippen LogP contribution is 2.22. The third kappa shape index (κ3) is 4.67. The van der Waals surface area contributed by atoms with E-state index in [1.165, 1.54) is 5.56 Å². The molecule has 1 fully saturated rings. The number of nitrogens with zero attached hydrogens (tertiary/aromatic N) is 2. The third-order valence-electron chi connectivity index (χ3n) is 5.24. The predicted molar refractivity (Wildman–Crippen MR) is 109 cm³/mol. The van der Waals surface area contributed by atoms with E-state index >= 15 is 0 Å². The summed E-state index contributed by atoms with van der Waals surface area (Å²) in [7, 11) is 0. The van der Waals surface area contributed by atoms with Gasteiger partial charge in [-0.3, -0.25) is 14.7 Å². The number of furan rings is 1. The first kappa shape index (κ1) is 18.4. The van der Waals surface area contributed by atoms with Gasteiger partial charge in [0.15, 0.2) is 0 Å². The van der Waals surface area contributed by atoms with Crippen molar-refractivity contribution in [2.75, 3.05) is 19.6 Å². The first-order valence-electron chi connectivity index (χ1n) is 9.81. The van der Waals surface area contributed by atoms with Crippen molar-refractivity contribution < 1.29 is 9.21 Å². The van der Waals surface area contributed by atoms with Crippen LogP contribution in [0.4, 0.5) is 0 Å². The van der Waals surface area contributed by atoms with E-state index in [0.29, 0.717) is 18.0 Å². The van der Waals surface area contributed by atoms with Crippen LogP contribution in [0.1, 0.15) is 28.8 Å². The van der Waals surface area contributed by atoms with Crippen molar-refractivity contribution in [2.24, 2.45) is 5.92 Å². The Hall–Kier alpha value is -2.92. The number of pyridine rings is 1. The van der Waals surface area contributed by atoms with Crippen LogP contribution in [-0.4, -0.2) is 35.4 Å². The zero-order chi connectivity index (χ0) is 19.2. The molecule has 5 heteroatoms. The van der Waals surface area contributed by atoms with Crippen molar-refractivity contribution in [3.63, 3.8) is 0 Å². The fraction of sp³-hybridized carbons (Fsp3) is 0.304. The summed E-state index contributed by atoms with van der Waals surface area (Å²) in [6.45, 7) is 3.76. The largest absolute Gasteiger partial charge is 0.464 e. The molecule has 2 aromatic heterocycles. The second kappa shape index (κ2) is 8.85. The number of benzene rings is 1. The van der Waals surface area contributed by atoms with Crippen LogP contribution in [0.5, 0.6) is 0 Å². The number of aromatic nitrogens is 1. The van der Waals surface area contributed by atoms with Gasteiger partial charge in [0.1, 0.15) is 5.76 Å². The molecule has 1 N–H and O–H groups in total. The molecule has 4 rings (SSSR count). The molecular weight excluding hydrogens is 350 g/mol. The Morgan fingerprint density at radius 2 is 2.07 bits per heavy atom. The molecule has 28 heavy (non-hydrogen) atoms. The van der Waals surface area contributed by atoms with E-state index in [1.54, 1.807) is 30.8 Å². The minimum Gasteiger partial charge on any atom is -0.464 e. The highest BCUT2D eigenvalue weighted by molar-refractivity contribution is 5.93. The van der Waals surface area contributed by atoms with Crippen molar-refractivity contribution in [3.8, 4) is 11.3 Å². The molecule has 0 bridgehead atoms. The van der Waals surface area contributed by atoms with Gasteiger partial charge in [0, 0.05) is 37.6 Å². The number of hydrogen-bond acceptors (Lipinski definition) is 4. The van der Waals surface area contributed by atoms with Crippen LogP contribution in [0.3, 0.4) is 0 Å². The van der Waals surface area contributed by atoms with Gasteiger partial charge in [0.25, 0.3) is 5.91 Å². The Bertz CT molecular complexity index is 876. The number of carbonyl (C=O) groups excluding carboxylic acids is 1. The number of carbonyl (C=O) groups is 1. The number of nitrogens with one attached hydrogen (secondary N) is 1. The number of hydrogen-bond donors (Lipinski definition) is 1. The Morgan fingerprint density at radius 3 is 2.82 bits per heavy atom. The van der Waals surface area contributed by atoms with E-state index in [4.69, 9.17) is 4.42 Å². The number of amides is 1. The Morgan fingerprint density at radius 1 is 1.18 bits per heavy atom. The molecule has 144 valence electrons. The zero-order valence-electron chi connectivity index (χ0n) is 15.9. The maximum absolute atomic E-state index is 12.2. The van der Waals surface area contributed by atoms with E-state index in [2.05, 4.69) is 39.5 Å². The SMILES string of the molecule is O=C(NCC1CCCN(Cc2ccc(-c3ccco3)cc2)C1)c1cccnc1. The normalized spacial score (nSPS) is 17.4. The topological polar surface area (TPSA) is 58.4 Å². The molecule has 1 amide bonds. The molecule has 1 aliphatic heterocycles. The minimum absolute atomic E-state index is 0.0428. The number of piperidine rings is 1. The van der Waals surface area contributed by atoms with E-state index < -0.39 is 0 Å². The fourth-order valence-electron chi connectivity index (χ4n) is 3.77. The lowest BCUT2D eigenvalue weighted by Gasteiger charge is -2.32. The molecule has 0 aliphatic carbocycles. The molecule has 1 atom stereocenters. The monoisotopic (exact) mass is 375 g/mol. The summed E-state index contributed by atoms with van der Waals surface area (Å²) < 4.78 is 5.45. The molecule has 3 heterocycles. The maximum Gasteiger partial charge on any atom is 0.252 e. The second-order valence-electron chi connectivity index (χ2n) is 7.37. The molecule has 1 aliphatic rings. The fourth-order valence-corrected chi connectivity index (χ4v) is 3.77. The van der Waals surface area contributed by atoms with Gasteiger partial charge in [-0.25, -0.2) is 0 Å². The summed E-state index contributed by atoms with van der Waals surface area (Å²) in [4.78, 5) is 18.7. The quantitative estimate of drug-likeness (QED) is 0.708. The average Bonchev–Trinajstić information content (AvgIpc) is 3.28. The maximum atomic E-state index is 12.2. The summed E-state index contributed by atoms with van der Waals surface area (Å²) in [5.41, 5.74) is 3.02. The van der Waals surface area contributed by atoms with Gasteiger partial charge in [-0.2, -0.15) is 0 Å². The lowest BCUT2D eigenvalue weighted by atomic mass is 9.97. The molecule has 0 saturated carbocycles. The molecule has 0 spiro atoms. The van der Waals surface area contributed by atoms with Crippen LogP contribution in [0.15, 0.2) is 71.6 Å². The first-order valence-corrected chi connectivity index (χ1v) is 9.81. The van der Waals surface area contributed by atoms with E-state index in [-0.39, 0.29) is 5.91 Å². The van der Waals surface area contributed by atoms with Crippen LogP contribution in [-0.2, 0) is 6.54 Å². The molecular formula is C23H25N3O2. The Labute approximate surface area is 165 Å². The summed E-state index contributed by atoms with van der Waals surface area (Å²) in [6.07, 6.45) is 7.30. The lowest BCUT2D eigenvalue weighted by Crippen LogP contribution is -2.40. The van der Waals surface area contributed by atoms with Crippen LogP contribution < -0.4 is 5.32 Å². The Kier molecular flexibility index (Phi) is 5.83. The Balaban J connectivity index is 1.28. The van der Waals surface area contributed by atoms with Crippen LogP contribution in [0.2, 0.25) is 0 Å². The molecule has 0 radical (unpaired) electrons. The van der Waals surface area contributed by atoms with Crippen molar-refractivity contribution in [3.05, 3.63) is 78.3 Å². The molecule has 3 aromatic rings. The standard InChI is InChI=1S/C23H25N3O2/c27-23(21-5-1-11-24-15-21)25-14-19-4-2-12-26(17-19)16-18-7-9-20(10-8-18)22-6-3-13-28-22/h1,3,5-11,13,15,19H,2,4,12,14,16-17H2,(H,25,27). The van der Waals surface area contributed by atoms with Crippen molar-refractivity contribution in [1.82, 2.24) is 15.2 Å². The lowest BCUT2D eigenvalue weighted by molar-refractivity contribution is 0.0930. The van der Waals surface area contributed by atoms with Gasteiger partial charge in [-0.05, 0) is 55.1 Å². The van der Waals surface area contributed by atoms with Gasteiger partial charge in [0.2, 0.25) is 0 Å². The van der Waals surface area contributed by atoms with Gasteiger partial charge in [-0.1, -0.05) is 24.3 Å². The van der Waals surface area contributed by atoms with Crippen LogP contribution in [0.25, 0.3) is 11.3 Å². The van der Waals surface area contributed by atoms with Gasteiger partial charge in [0.05, 0.1) is 11.8 Å². The second-order valence-corrected chi connectivity index (χ2v) is 7.37. The first-order chi connectivity index (χ1) is 13.8. The van der Waals surface area contributed by atoms with Crippen LogP contribution in [0, 0.1) is 5.92 Å². The van der Waals surface area contributed by atoms with Crippen LogP contribution >= 0.6 is 0 Å². The summed E-state index contributed by atoms with van der Waals surface area (Å²) in [5.74, 6) is 1.34. The summed E-state index contributed by atoms with van der Waals surface area (Å²) in [6, 6.07) is 16.0. The summed E-state index contributed by atoms with van der Waals surface area (Å²) >= 11 is 0. The van der Waals surface area contributed by atoms with E-state index in [1.807, 2.05) is 12.1 Å². The van der Waals surface area contributed by atoms with Crippen molar-refractivity contribution in [2.45, 2.75) is 19.4 Å². The smallest absolute Gasteiger partial charge is 0.252 e. The summed E-state index contributed by atoms with van der Waals surface area (Å²) in [5, 5.41) is 3.06. The molecule has 1 saturated heterocycles. The highest BCUT2D eigenvalue weighted by Gasteiger charge is 2.20. The number of likely N-dealkylation sites (tertiary alicyclic amines) is 1. The average molecular weight is 375 g/mol. The zero-order valence-corrected chi connectivity index (χ0v) is 15.9. The molecule has 1 unspecified atom stereocenters. The third-order valence-corrected chi connectivity index (χ3v) is 5.24. The predicted octanol–water partition coefficient (Wildman–Crippen LogP) is 3.98. The highest BCUT2D eigenvalue weighted by atomic mass is 16.3. The molecule has 5 nitrogen and oxygen atoms in total. The van der Waals surface area contributed by atoms with Gasteiger partial charge in [-0.15, -0.1) is 0 Å². The van der Waals surface area contributed by atoms with Gasteiger partial charge < -0.3 is 9.73 Å². The minimum atomic E-state index is -0.0428. The van der Waals surface area contributed by atoms with E-state index in [0.717, 1.165) is 43.8 Å². The number of rotatable bonds is 6. The van der Waals surface area contributed by atoms with Crippen molar-refractivity contribution >= 4 is 5.91 Å². The molecule has 1 aromatic carbocycles.